The van der Waals surface area contributed by atoms with Crippen molar-refractivity contribution in [3.8, 4) is 0 Å². The van der Waals surface area contributed by atoms with Gasteiger partial charge >= 0.3 is 0 Å². The van der Waals surface area contributed by atoms with Crippen LogP contribution in [0.25, 0.3) is 0 Å². The molecular formula is C11H24N2. The van der Waals surface area contributed by atoms with Crippen LogP contribution in [0.4, 0.5) is 0 Å². The van der Waals surface area contributed by atoms with Crippen molar-refractivity contribution in [2.45, 2.75) is 57.5 Å². The van der Waals surface area contributed by atoms with Crippen LogP contribution in [0.15, 0.2) is 0 Å². The van der Waals surface area contributed by atoms with Crippen LogP contribution in [0, 0.1) is 0 Å². The predicted molar refractivity (Wildman–Crippen MR) is 57.8 cm³/mol. The van der Waals surface area contributed by atoms with Crippen molar-refractivity contribution in [1.82, 2.24) is 4.90 Å². The highest BCUT2D eigenvalue weighted by Crippen LogP contribution is 2.21. The average Bonchev–Trinajstić information content (AvgIpc) is 2.15. The van der Waals surface area contributed by atoms with Gasteiger partial charge in [-0.1, -0.05) is 26.2 Å². The van der Waals surface area contributed by atoms with Crippen LogP contribution < -0.4 is 5.73 Å². The standard InChI is InChI=1S/C11H24N2/c1-3-4-9-13(2)11-8-6-5-7-10(11)12/h10-11H,3-9,12H2,1-2H3. The number of likely N-dealkylation sites (N-methyl/N-ethyl adjacent to an activating group) is 1. The van der Waals surface area contributed by atoms with E-state index in [4.69, 9.17) is 5.73 Å². The number of hydrogen-bond acceptors (Lipinski definition) is 2. The molecule has 2 atom stereocenters. The third-order valence-corrected chi connectivity index (χ3v) is 3.21. The lowest BCUT2D eigenvalue weighted by molar-refractivity contribution is 0.167. The van der Waals surface area contributed by atoms with Gasteiger partial charge in [-0.3, -0.25) is 0 Å². The molecule has 0 aromatic carbocycles. The molecule has 0 spiro atoms. The molecule has 0 amide bonds. The lowest BCUT2D eigenvalue weighted by Crippen LogP contribution is -2.48. The summed E-state index contributed by atoms with van der Waals surface area (Å²) in [7, 11) is 2.23. The Morgan fingerprint density at radius 3 is 2.62 bits per heavy atom. The highest BCUT2D eigenvalue weighted by molar-refractivity contribution is 4.84. The fourth-order valence-electron chi connectivity index (χ4n) is 2.26. The van der Waals surface area contributed by atoms with Gasteiger partial charge in [0, 0.05) is 12.1 Å². The van der Waals surface area contributed by atoms with Crippen molar-refractivity contribution in [1.29, 1.82) is 0 Å². The van der Waals surface area contributed by atoms with Crippen molar-refractivity contribution in [3.63, 3.8) is 0 Å². The largest absolute Gasteiger partial charge is 0.326 e. The second kappa shape index (κ2) is 5.61. The minimum absolute atomic E-state index is 0.426. The molecule has 2 heteroatoms. The second-order valence-corrected chi connectivity index (χ2v) is 4.35. The van der Waals surface area contributed by atoms with Crippen LogP contribution in [-0.4, -0.2) is 30.6 Å². The van der Waals surface area contributed by atoms with E-state index in [9.17, 15) is 0 Å². The zero-order valence-corrected chi connectivity index (χ0v) is 9.13. The predicted octanol–water partition coefficient (Wildman–Crippen LogP) is 1.99. The molecule has 1 aliphatic rings. The Morgan fingerprint density at radius 2 is 2.00 bits per heavy atom. The first-order valence-electron chi connectivity index (χ1n) is 5.71. The third-order valence-electron chi connectivity index (χ3n) is 3.21. The summed E-state index contributed by atoms with van der Waals surface area (Å²) in [4.78, 5) is 2.47. The fraction of sp³-hybridized carbons (Fsp3) is 1.00. The number of nitrogens with two attached hydrogens (primary N) is 1. The molecule has 78 valence electrons. The zero-order valence-electron chi connectivity index (χ0n) is 9.13. The normalized spacial score (nSPS) is 29.5. The van der Waals surface area contributed by atoms with Gasteiger partial charge in [-0.25, -0.2) is 0 Å². The molecule has 0 aromatic rings. The van der Waals surface area contributed by atoms with Crippen LogP contribution in [0.2, 0.25) is 0 Å². The lowest BCUT2D eigenvalue weighted by atomic mass is 9.90. The van der Waals surface area contributed by atoms with E-state index in [0.717, 1.165) is 0 Å². The van der Waals surface area contributed by atoms with Crippen LogP contribution in [-0.2, 0) is 0 Å². The van der Waals surface area contributed by atoms with E-state index in [0.29, 0.717) is 12.1 Å². The molecule has 1 rings (SSSR count). The number of hydrogen-bond donors (Lipinski definition) is 1. The maximum Gasteiger partial charge on any atom is 0.0244 e. The molecule has 1 fully saturated rings. The Kier molecular flexibility index (Phi) is 4.74. The van der Waals surface area contributed by atoms with E-state index < -0.39 is 0 Å². The van der Waals surface area contributed by atoms with Gasteiger partial charge < -0.3 is 10.6 Å². The minimum Gasteiger partial charge on any atom is -0.326 e. The van der Waals surface area contributed by atoms with Gasteiger partial charge in [0.1, 0.15) is 0 Å². The Labute approximate surface area is 82.5 Å². The van der Waals surface area contributed by atoms with Crippen LogP contribution in [0.1, 0.15) is 45.4 Å². The summed E-state index contributed by atoms with van der Waals surface area (Å²) in [6.07, 6.45) is 7.82. The molecular weight excluding hydrogens is 160 g/mol. The number of rotatable bonds is 4. The number of nitrogens with zero attached hydrogens (tertiary/aromatic N) is 1. The van der Waals surface area contributed by atoms with Gasteiger partial charge in [0.25, 0.3) is 0 Å². The van der Waals surface area contributed by atoms with Crippen LogP contribution in [0.3, 0.4) is 0 Å². The SMILES string of the molecule is CCCCN(C)C1CCCCC1N. The van der Waals surface area contributed by atoms with Gasteiger partial charge in [-0.15, -0.1) is 0 Å². The van der Waals surface area contributed by atoms with E-state index in [1.807, 2.05) is 0 Å². The maximum atomic E-state index is 6.11. The summed E-state index contributed by atoms with van der Waals surface area (Å²) in [5.74, 6) is 0. The van der Waals surface area contributed by atoms with Gasteiger partial charge in [0.05, 0.1) is 0 Å². The second-order valence-electron chi connectivity index (χ2n) is 4.35. The molecule has 0 aliphatic heterocycles. The van der Waals surface area contributed by atoms with Gasteiger partial charge in [-0.2, -0.15) is 0 Å². The monoisotopic (exact) mass is 184 g/mol. The highest BCUT2D eigenvalue weighted by Gasteiger charge is 2.24. The summed E-state index contributed by atoms with van der Waals surface area (Å²) in [6.45, 7) is 3.46. The molecule has 0 bridgehead atoms. The van der Waals surface area contributed by atoms with Crippen molar-refractivity contribution in [2.75, 3.05) is 13.6 Å². The van der Waals surface area contributed by atoms with E-state index in [2.05, 4.69) is 18.9 Å². The Morgan fingerprint density at radius 1 is 1.31 bits per heavy atom. The zero-order chi connectivity index (χ0) is 9.68. The van der Waals surface area contributed by atoms with E-state index in [1.165, 1.54) is 45.1 Å². The minimum atomic E-state index is 0.426. The van der Waals surface area contributed by atoms with Crippen LogP contribution in [0.5, 0.6) is 0 Å². The summed E-state index contributed by atoms with van der Waals surface area (Å²) in [5, 5.41) is 0. The van der Waals surface area contributed by atoms with E-state index >= 15 is 0 Å². The van der Waals surface area contributed by atoms with E-state index in [-0.39, 0.29) is 0 Å². The van der Waals surface area contributed by atoms with Crippen molar-refractivity contribution >= 4 is 0 Å². The fourth-order valence-corrected chi connectivity index (χ4v) is 2.26. The van der Waals surface area contributed by atoms with Gasteiger partial charge in [0.2, 0.25) is 0 Å². The summed E-state index contributed by atoms with van der Waals surface area (Å²) in [6, 6.07) is 1.08. The molecule has 0 heterocycles. The van der Waals surface area contributed by atoms with Crippen molar-refractivity contribution < 1.29 is 0 Å². The molecule has 2 unspecified atom stereocenters. The molecule has 0 radical (unpaired) electrons. The summed E-state index contributed by atoms with van der Waals surface area (Å²) in [5.41, 5.74) is 6.11. The first-order valence-corrected chi connectivity index (χ1v) is 5.71. The van der Waals surface area contributed by atoms with E-state index in [1.54, 1.807) is 0 Å². The highest BCUT2D eigenvalue weighted by atomic mass is 15.1. The van der Waals surface area contributed by atoms with Gasteiger partial charge in [0.15, 0.2) is 0 Å². The smallest absolute Gasteiger partial charge is 0.0244 e. The summed E-state index contributed by atoms with van der Waals surface area (Å²) >= 11 is 0. The van der Waals surface area contributed by atoms with Crippen molar-refractivity contribution in [3.05, 3.63) is 0 Å². The first kappa shape index (κ1) is 11.0. The molecule has 0 saturated heterocycles. The summed E-state index contributed by atoms with van der Waals surface area (Å²) < 4.78 is 0. The lowest BCUT2D eigenvalue weighted by Gasteiger charge is -2.36. The Hall–Kier alpha value is -0.0800. The molecule has 0 aromatic heterocycles. The number of unbranched alkanes of at least 4 members (excludes halogenated alkanes) is 1. The first-order chi connectivity index (χ1) is 6.25. The van der Waals surface area contributed by atoms with Crippen molar-refractivity contribution in [2.24, 2.45) is 5.73 Å². The maximum absolute atomic E-state index is 6.11. The average molecular weight is 184 g/mol. The van der Waals surface area contributed by atoms with Gasteiger partial charge in [-0.05, 0) is 32.9 Å². The quantitative estimate of drug-likeness (QED) is 0.724. The molecule has 13 heavy (non-hydrogen) atoms. The molecule has 1 aliphatic carbocycles. The molecule has 2 N–H and O–H groups in total. The molecule has 1 saturated carbocycles. The molecule has 2 nitrogen and oxygen atoms in total. The Balaban J connectivity index is 2.30. The topological polar surface area (TPSA) is 29.3 Å². The third kappa shape index (κ3) is 3.28. The van der Waals surface area contributed by atoms with Crippen LogP contribution >= 0.6 is 0 Å². The Bertz CT molecular complexity index is 136.